The van der Waals surface area contributed by atoms with Gasteiger partial charge in [0.2, 0.25) is 0 Å². The third-order valence-electron chi connectivity index (χ3n) is 4.43. The van der Waals surface area contributed by atoms with Gasteiger partial charge in [0.05, 0.1) is 18.2 Å². The molecule has 1 aliphatic rings. The Bertz CT molecular complexity index is 1080. The Morgan fingerprint density at radius 2 is 1.37 bits per heavy atom. The fraction of sp³-hybridized carbons (Fsp3) is 0.0455. The van der Waals surface area contributed by atoms with Crippen molar-refractivity contribution in [1.82, 2.24) is 0 Å². The second-order valence-electron chi connectivity index (χ2n) is 5.98. The molecule has 0 spiro atoms. The Kier molecular flexibility index (Phi) is 4.05. The van der Waals surface area contributed by atoms with Crippen LogP contribution >= 0.6 is 0 Å². The number of fused-ring (bicyclic) bond motifs is 2. The van der Waals surface area contributed by atoms with Gasteiger partial charge in [-0.2, -0.15) is 0 Å². The van der Waals surface area contributed by atoms with Crippen LogP contribution in [-0.4, -0.2) is 24.6 Å². The zero-order chi connectivity index (χ0) is 19.0. The van der Waals surface area contributed by atoms with Gasteiger partial charge in [-0.15, -0.1) is 0 Å². The highest BCUT2D eigenvalue weighted by Gasteiger charge is 2.34. The highest BCUT2D eigenvalue weighted by molar-refractivity contribution is 6.29. The van der Waals surface area contributed by atoms with E-state index in [-0.39, 0.29) is 39.8 Å². The summed E-state index contributed by atoms with van der Waals surface area (Å²) in [6, 6.07) is 18.0. The number of benzene rings is 3. The number of rotatable bonds is 3. The van der Waals surface area contributed by atoms with Gasteiger partial charge in [0.1, 0.15) is 0 Å². The van der Waals surface area contributed by atoms with E-state index in [0.29, 0.717) is 11.1 Å². The lowest BCUT2D eigenvalue weighted by Crippen LogP contribution is -2.23. The van der Waals surface area contributed by atoms with Crippen LogP contribution in [0.2, 0.25) is 0 Å². The molecule has 0 atom stereocenters. The first-order valence-electron chi connectivity index (χ1n) is 8.28. The van der Waals surface area contributed by atoms with Gasteiger partial charge in [-0.05, 0) is 24.3 Å². The smallest absolute Gasteiger partial charge is 0.343 e. The molecule has 0 bridgehead atoms. The van der Waals surface area contributed by atoms with Crippen LogP contribution in [0.1, 0.15) is 42.2 Å². The zero-order valence-electron chi connectivity index (χ0n) is 14.4. The number of esters is 1. The van der Waals surface area contributed by atoms with E-state index < -0.39 is 5.97 Å². The number of carbonyl (C=O) groups is 3. The first-order valence-corrected chi connectivity index (χ1v) is 8.28. The maximum Gasteiger partial charge on any atom is 0.343 e. The average Bonchev–Trinajstić information content (AvgIpc) is 2.72. The maximum atomic E-state index is 13.1. The minimum Gasteiger partial charge on any atom is -0.493 e. The second-order valence-corrected chi connectivity index (χ2v) is 5.98. The van der Waals surface area contributed by atoms with Gasteiger partial charge in [-0.25, -0.2) is 4.79 Å². The summed E-state index contributed by atoms with van der Waals surface area (Å²) in [6.45, 7) is 0. The zero-order valence-corrected chi connectivity index (χ0v) is 14.4. The summed E-state index contributed by atoms with van der Waals surface area (Å²) in [6.07, 6.45) is 0. The van der Waals surface area contributed by atoms with E-state index in [0.717, 1.165) is 0 Å². The molecule has 132 valence electrons. The molecule has 0 aromatic heterocycles. The topological polar surface area (TPSA) is 69.7 Å². The summed E-state index contributed by atoms with van der Waals surface area (Å²) < 4.78 is 10.8. The van der Waals surface area contributed by atoms with Crippen LogP contribution in [0.5, 0.6) is 11.5 Å². The molecule has 0 unspecified atom stereocenters. The van der Waals surface area contributed by atoms with Gasteiger partial charge in [-0.3, -0.25) is 9.59 Å². The Labute approximate surface area is 155 Å². The van der Waals surface area contributed by atoms with Crippen molar-refractivity contribution in [2.24, 2.45) is 0 Å². The minimum atomic E-state index is -0.638. The van der Waals surface area contributed by atoms with E-state index in [9.17, 15) is 14.4 Å². The number of ketones is 2. The SMILES string of the molecule is COc1ccc2c(c1OC(=O)c1ccccc1)C(=O)c1ccccc1C2=O. The van der Waals surface area contributed by atoms with Gasteiger partial charge in [-0.1, -0.05) is 42.5 Å². The van der Waals surface area contributed by atoms with E-state index in [1.807, 2.05) is 0 Å². The van der Waals surface area contributed by atoms with Crippen molar-refractivity contribution >= 4 is 17.5 Å². The molecular weight excluding hydrogens is 344 g/mol. The van der Waals surface area contributed by atoms with Crippen molar-refractivity contribution < 1.29 is 23.9 Å². The fourth-order valence-electron chi connectivity index (χ4n) is 3.12. The molecule has 0 fully saturated rings. The van der Waals surface area contributed by atoms with Gasteiger partial charge in [0.15, 0.2) is 23.1 Å². The van der Waals surface area contributed by atoms with Gasteiger partial charge >= 0.3 is 5.97 Å². The van der Waals surface area contributed by atoms with Crippen molar-refractivity contribution in [3.63, 3.8) is 0 Å². The lowest BCUT2D eigenvalue weighted by atomic mass is 9.83. The highest BCUT2D eigenvalue weighted by Crippen LogP contribution is 2.39. The van der Waals surface area contributed by atoms with E-state index in [4.69, 9.17) is 9.47 Å². The summed E-state index contributed by atoms with van der Waals surface area (Å²) in [7, 11) is 1.41. The van der Waals surface area contributed by atoms with E-state index in [1.54, 1.807) is 54.6 Å². The first kappa shape index (κ1) is 16.7. The van der Waals surface area contributed by atoms with Crippen LogP contribution < -0.4 is 9.47 Å². The van der Waals surface area contributed by atoms with E-state index in [2.05, 4.69) is 0 Å². The fourth-order valence-corrected chi connectivity index (χ4v) is 3.12. The van der Waals surface area contributed by atoms with Crippen molar-refractivity contribution in [3.8, 4) is 11.5 Å². The molecule has 3 aromatic carbocycles. The van der Waals surface area contributed by atoms with Crippen molar-refractivity contribution in [1.29, 1.82) is 0 Å². The minimum absolute atomic E-state index is 0.0438. The number of carbonyl (C=O) groups excluding carboxylic acids is 3. The second kappa shape index (κ2) is 6.53. The number of methoxy groups -OCH3 is 1. The average molecular weight is 358 g/mol. The Balaban J connectivity index is 1.86. The predicted octanol–water partition coefficient (Wildman–Crippen LogP) is 3.69. The summed E-state index contributed by atoms with van der Waals surface area (Å²) in [5.74, 6) is -1.15. The molecular formula is C22H14O5. The third kappa shape index (κ3) is 2.69. The molecule has 0 saturated carbocycles. The van der Waals surface area contributed by atoms with Gasteiger partial charge < -0.3 is 9.47 Å². The quantitative estimate of drug-likeness (QED) is 0.413. The molecule has 0 heterocycles. The Morgan fingerprint density at radius 1 is 0.741 bits per heavy atom. The molecule has 4 rings (SSSR count). The predicted molar refractivity (Wildman–Crippen MR) is 97.7 cm³/mol. The number of hydrogen-bond acceptors (Lipinski definition) is 5. The summed E-state index contributed by atoms with van der Waals surface area (Å²) in [5.41, 5.74) is 1.17. The van der Waals surface area contributed by atoms with Crippen LogP contribution in [0.25, 0.3) is 0 Å². The summed E-state index contributed by atoms with van der Waals surface area (Å²) in [5, 5.41) is 0. The van der Waals surface area contributed by atoms with Crippen molar-refractivity contribution in [3.05, 3.63) is 94.5 Å². The normalized spacial score (nSPS) is 12.2. The molecule has 0 amide bonds. The largest absolute Gasteiger partial charge is 0.493 e. The summed E-state index contributed by atoms with van der Waals surface area (Å²) >= 11 is 0. The molecule has 27 heavy (non-hydrogen) atoms. The molecule has 5 nitrogen and oxygen atoms in total. The van der Waals surface area contributed by atoms with Crippen LogP contribution in [0, 0.1) is 0 Å². The Morgan fingerprint density at radius 3 is 2.04 bits per heavy atom. The van der Waals surface area contributed by atoms with Crippen LogP contribution in [0.4, 0.5) is 0 Å². The van der Waals surface area contributed by atoms with Gasteiger partial charge in [0, 0.05) is 16.7 Å². The molecule has 5 heteroatoms. The summed E-state index contributed by atoms with van der Waals surface area (Å²) in [4.78, 5) is 38.4. The van der Waals surface area contributed by atoms with Gasteiger partial charge in [0.25, 0.3) is 0 Å². The monoisotopic (exact) mass is 358 g/mol. The highest BCUT2D eigenvalue weighted by atomic mass is 16.6. The number of ether oxygens (including phenoxy) is 2. The van der Waals surface area contributed by atoms with E-state index in [1.165, 1.54) is 19.2 Å². The molecule has 1 aliphatic carbocycles. The van der Waals surface area contributed by atoms with E-state index >= 15 is 0 Å². The number of hydrogen-bond donors (Lipinski definition) is 0. The maximum absolute atomic E-state index is 13.1. The Hall–Kier alpha value is -3.73. The van der Waals surface area contributed by atoms with Crippen LogP contribution in [0.3, 0.4) is 0 Å². The standard InChI is InChI=1S/C22H14O5/c1-26-17-12-11-16-18(20(24)15-10-6-5-9-14(15)19(16)23)21(17)27-22(25)13-7-3-2-4-8-13/h2-12H,1H3. The lowest BCUT2D eigenvalue weighted by molar-refractivity contribution is 0.0726. The van der Waals surface area contributed by atoms with Crippen LogP contribution in [0.15, 0.2) is 66.7 Å². The van der Waals surface area contributed by atoms with Crippen molar-refractivity contribution in [2.45, 2.75) is 0 Å². The van der Waals surface area contributed by atoms with Crippen molar-refractivity contribution in [2.75, 3.05) is 7.11 Å². The molecule has 0 radical (unpaired) electrons. The first-order chi connectivity index (χ1) is 13.1. The molecule has 3 aromatic rings. The van der Waals surface area contributed by atoms with Crippen LogP contribution in [-0.2, 0) is 0 Å². The lowest BCUT2D eigenvalue weighted by Gasteiger charge is -2.21. The molecule has 0 N–H and O–H groups in total. The molecule has 0 saturated heterocycles. The molecule has 0 aliphatic heterocycles. The third-order valence-corrected chi connectivity index (χ3v) is 4.43.